The number of aromatic nitrogens is 4. The zero-order valence-electron chi connectivity index (χ0n) is 19.2. The number of benzene rings is 2. The van der Waals surface area contributed by atoms with Crippen molar-refractivity contribution < 1.29 is 14.6 Å². The zero-order chi connectivity index (χ0) is 23.2. The molecule has 1 aliphatic heterocycles. The van der Waals surface area contributed by atoms with Crippen molar-refractivity contribution in [2.75, 3.05) is 25.6 Å². The molecule has 3 heterocycles. The summed E-state index contributed by atoms with van der Waals surface area (Å²) in [5, 5.41) is 13.9. The number of methoxy groups -OCH3 is 1. The van der Waals surface area contributed by atoms with Gasteiger partial charge in [-0.3, -0.25) is 4.57 Å². The van der Waals surface area contributed by atoms with E-state index >= 15 is 0 Å². The van der Waals surface area contributed by atoms with E-state index < -0.39 is 0 Å². The van der Waals surface area contributed by atoms with Crippen LogP contribution in [0.2, 0.25) is 0 Å². The second kappa shape index (κ2) is 7.95. The standard InChI is InChI=1S/C25H27N5O3/c1-15-27-22(21-23(28-15)30-24(29-21)33-14-25(30,2)3)26-12-11-16-9-10-19(31)18(13-16)17-7-5-6-8-20(17)32-4/h5-10,13,31H,11-12,14H2,1-4H3,(H,26,27,28). The van der Waals surface area contributed by atoms with Gasteiger partial charge in [-0.15, -0.1) is 0 Å². The fourth-order valence-electron chi connectivity index (χ4n) is 4.27. The first kappa shape index (κ1) is 21.1. The number of aromatic hydroxyl groups is 1. The molecule has 33 heavy (non-hydrogen) atoms. The van der Waals surface area contributed by atoms with Crippen LogP contribution in [-0.4, -0.2) is 44.9 Å². The minimum absolute atomic E-state index is 0.205. The van der Waals surface area contributed by atoms with Crippen LogP contribution in [0.15, 0.2) is 42.5 Å². The molecule has 2 aromatic heterocycles. The van der Waals surface area contributed by atoms with Gasteiger partial charge in [-0.25, -0.2) is 9.97 Å². The average Bonchev–Trinajstić information content (AvgIpc) is 3.32. The number of anilines is 1. The van der Waals surface area contributed by atoms with Gasteiger partial charge < -0.3 is 19.9 Å². The first-order valence-electron chi connectivity index (χ1n) is 11.0. The van der Waals surface area contributed by atoms with E-state index in [0.29, 0.717) is 36.3 Å². The highest BCUT2D eigenvalue weighted by atomic mass is 16.5. The summed E-state index contributed by atoms with van der Waals surface area (Å²) in [7, 11) is 1.63. The molecule has 0 atom stereocenters. The molecule has 8 heteroatoms. The minimum atomic E-state index is -0.205. The van der Waals surface area contributed by atoms with Crippen molar-refractivity contribution in [3.8, 4) is 28.6 Å². The summed E-state index contributed by atoms with van der Waals surface area (Å²) in [6.07, 6.45) is 0.739. The molecule has 0 aliphatic carbocycles. The van der Waals surface area contributed by atoms with Gasteiger partial charge in [0.1, 0.15) is 23.9 Å². The van der Waals surface area contributed by atoms with Gasteiger partial charge in [0.05, 0.1) is 12.6 Å². The third kappa shape index (κ3) is 3.71. The highest BCUT2D eigenvalue weighted by Crippen LogP contribution is 2.37. The maximum absolute atomic E-state index is 10.4. The number of fused-ring (bicyclic) bond motifs is 3. The monoisotopic (exact) mass is 445 g/mol. The van der Waals surface area contributed by atoms with Crippen LogP contribution in [0.1, 0.15) is 25.2 Å². The van der Waals surface area contributed by atoms with Crippen molar-refractivity contribution in [2.24, 2.45) is 0 Å². The summed E-state index contributed by atoms with van der Waals surface area (Å²) in [6, 6.07) is 13.9. The van der Waals surface area contributed by atoms with E-state index in [4.69, 9.17) is 9.47 Å². The van der Waals surface area contributed by atoms with E-state index in [1.54, 1.807) is 13.2 Å². The predicted octanol–water partition coefficient (Wildman–Crippen LogP) is 4.30. The van der Waals surface area contributed by atoms with Gasteiger partial charge in [0.15, 0.2) is 17.0 Å². The lowest BCUT2D eigenvalue weighted by Gasteiger charge is -2.18. The molecular formula is C25H27N5O3. The van der Waals surface area contributed by atoms with E-state index in [2.05, 4.69) is 34.1 Å². The number of phenolic OH excluding ortho intramolecular Hbond substituents is 1. The maximum atomic E-state index is 10.4. The Kier molecular flexibility index (Phi) is 5.08. The molecule has 5 rings (SSSR count). The summed E-state index contributed by atoms with van der Waals surface area (Å²) in [4.78, 5) is 13.9. The lowest BCUT2D eigenvalue weighted by atomic mass is 10.00. The van der Waals surface area contributed by atoms with Gasteiger partial charge in [-0.05, 0) is 51.0 Å². The maximum Gasteiger partial charge on any atom is 0.299 e. The molecule has 170 valence electrons. The van der Waals surface area contributed by atoms with Crippen molar-refractivity contribution in [2.45, 2.75) is 32.7 Å². The Balaban J connectivity index is 1.39. The van der Waals surface area contributed by atoms with Gasteiger partial charge in [-0.2, -0.15) is 4.98 Å². The molecule has 4 aromatic rings. The van der Waals surface area contributed by atoms with Crippen LogP contribution >= 0.6 is 0 Å². The van der Waals surface area contributed by atoms with Crippen molar-refractivity contribution in [3.05, 3.63) is 53.9 Å². The molecule has 2 N–H and O–H groups in total. The Hall–Kier alpha value is -3.81. The van der Waals surface area contributed by atoms with E-state index in [1.807, 2.05) is 47.9 Å². The fraction of sp³-hybridized carbons (Fsp3) is 0.320. The third-order valence-electron chi connectivity index (χ3n) is 5.91. The SMILES string of the molecule is COc1ccccc1-c1cc(CCNc2nc(C)nc3c2nc2n3C(C)(C)CO2)ccc1O. The first-order chi connectivity index (χ1) is 15.9. The number of imidazole rings is 1. The topological polar surface area (TPSA) is 94.3 Å². The summed E-state index contributed by atoms with van der Waals surface area (Å²) >= 11 is 0. The van der Waals surface area contributed by atoms with Gasteiger partial charge in [0, 0.05) is 17.7 Å². The number of hydrogen-bond donors (Lipinski definition) is 2. The van der Waals surface area contributed by atoms with Crippen LogP contribution in [0.4, 0.5) is 5.82 Å². The van der Waals surface area contributed by atoms with E-state index in [-0.39, 0.29) is 11.3 Å². The van der Waals surface area contributed by atoms with Crippen molar-refractivity contribution >= 4 is 17.0 Å². The molecule has 1 aliphatic rings. The molecule has 0 fully saturated rings. The number of nitrogens with zero attached hydrogens (tertiary/aromatic N) is 4. The molecule has 0 spiro atoms. The normalized spacial score (nSPS) is 14.2. The Bertz CT molecular complexity index is 1350. The van der Waals surface area contributed by atoms with Crippen molar-refractivity contribution in [3.63, 3.8) is 0 Å². The summed E-state index contributed by atoms with van der Waals surface area (Å²) in [5.41, 5.74) is 3.98. The second-order valence-electron chi connectivity index (χ2n) is 8.85. The van der Waals surface area contributed by atoms with Crippen LogP contribution < -0.4 is 14.8 Å². The lowest BCUT2D eigenvalue weighted by molar-refractivity contribution is 0.268. The third-order valence-corrected chi connectivity index (χ3v) is 5.91. The molecule has 0 saturated heterocycles. The first-order valence-corrected chi connectivity index (χ1v) is 11.0. The van der Waals surface area contributed by atoms with Crippen molar-refractivity contribution in [1.29, 1.82) is 0 Å². The zero-order valence-corrected chi connectivity index (χ0v) is 19.2. The van der Waals surface area contributed by atoms with Crippen LogP contribution in [0.5, 0.6) is 17.5 Å². The van der Waals surface area contributed by atoms with Gasteiger partial charge in [0.2, 0.25) is 0 Å². The fourth-order valence-corrected chi connectivity index (χ4v) is 4.27. The van der Waals surface area contributed by atoms with E-state index in [1.165, 1.54) is 0 Å². The van der Waals surface area contributed by atoms with Crippen LogP contribution in [0, 0.1) is 6.92 Å². The molecule has 0 radical (unpaired) electrons. The minimum Gasteiger partial charge on any atom is -0.507 e. The highest BCUT2D eigenvalue weighted by Gasteiger charge is 2.35. The number of nitrogens with one attached hydrogen (secondary N) is 1. The van der Waals surface area contributed by atoms with Crippen LogP contribution in [0.3, 0.4) is 0 Å². The molecule has 0 amide bonds. The Morgan fingerprint density at radius 1 is 1.12 bits per heavy atom. The Labute approximate surface area is 192 Å². The summed E-state index contributed by atoms with van der Waals surface area (Å²) < 4.78 is 13.3. The number of aryl methyl sites for hydroxylation is 1. The van der Waals surface area contributed by atoms with Gasteiger partial charge in [-0.1, -0.05) is 24.3 Å². The summed E-state index contributed by atoms with van der Waals surface area (Å²) in [5.74, 6) is 2.32. The molecular weight excluding hydrogens is 418 g/mol. The molecule has 0 saturated carbocycles. The van der Waals surface area contributed by atoms with E-state index in [9.17, 15) is 5.11 Å². The average molecular weight is 446 g/mol. The number of phenols is 1. The van der Waals surface area contributed by atoms with Gasteiger partial charge >= 0.3 is 0 Å². The quantitative estimate of drug-likeness (QED) is 0.457. The smallest absolute Gasteiger partial charge is 0.299 e. The lowest BCUT2D eigenvalue weighted by Crippen LogP contribution is -2.26. The van der Waals surface area contributed by atoms with Crippen molar-refractivity contribution in [1.82, 2.24) is 19.5 Å². The van der Waals surface area contributed by atoms with Crippen LogP contribution in [-0.2, 0) is 12.0 Å². The van der Waals surface area contributed by atoms with E-state index in [0.717, 1.165) is 34.5 Å². The Morgan fingerprint density at radius 2 is 1.94 bits per heavy atom. The predicted molar refractivity (Wildman–Crippen MR) is 127 cm³/mol. The molecule has 0 unspecified atom stereocenters. The van der Waals surface area contributed by atoms with Gasteiger partial charge in [0.25, 0.3) is 6.01 Å². The molecule has 0 bridgehead atoms. The number of ether oxygens (including phenoxy) is 2. The second-order valence-corrected chi connectivity index (χ2v) is 8.85. The van der Waals surface area contributed by atoms with Crippen LogP contribution in [0.25, 0.3) is 22.3 Å². The largest absolute Gasteiger partial charge is 0.507 e. The highest BCUT2D eigenvalue weighted by molar-refractivity contribution is 5.84. The number of para-hydroxylation sites is 1. The number of hydrogen-bond acceptors (Lipinski definition) is 7. The number of rotatable bonds is 6. The Morgan fingerprint density at radius 3 is 2.76 bits per heavy atom. The molecule has 8 nitrogen and oxygen atoms in total. The molecule has 2 aromatic carbocycles. The summed E-state index contributed by atoms with van der Waals surface area (Å²) in [6.45, 7) is 7.33.